The lowest BCUT2D eigenvalue weighted by atomic mass is 9.89. The maximum atomic E-state index is 12.9. The minimum atomic E-state index is -0.343. The van der Waals surface area contributed by atoms with Gasteiger partial charge in [-0.1, -0.05) is 6.92 Å². The van der Waals surface area contributed by atoms with Crippen molar-refractivity contribution < 1.29 is 9.21 Å². The minimum absolute atomic E-state index is 0.147. The van der Waals surface area contributed by atoms with Crippen molar-refractivity contribution in [2.24, 2.45) is 5.92 Å². The van der Waals surface area contributed by atoms with Gasteiger partial charge in [-0.05, 0) is 49.8 Å². The first kappa shape index (κ1) is 18.1. The molecule has 4 aromatic heterocycles. The fraction of sp³-hybridized carbons (Fsp3) is 0.400. The lowest BCUT2D eigenvalue weighted by Crippen LogP contribution is -2.32. The van der Waals surface area contributed by atoms with Gasteiger partial charge < -0.3 is 9.73 Å². The number of aromatic nitrogens is 4. The van der Waals surface area contributed by atoms with Crippen LogP contribution in [-0.4, -0.2) is 25.1 Å². The summed E-state index contributed by atoms with van der Waals surface area (Å²) in [5.74, 6) is 1.60. The average Bonchev–Trinajstić information content (AvgIpc) is 3.38. The summed E-state index contributed by atoms with van der Waals surface area (Å²) < 4.78 is 7.95. The number of nitrogens with zero attached hydrogens (tertiary/aromatic N) is 4. The summed E-state index contributed by atoms with van der Waals surface area (Å²) in [6, 6.07) is 3.54. The van der Waals surface area contributed by atoms with Crippen LogP contribution in [0.15, 0.2) is 27.6 Å². The maximum Gasteiger partial charge on any atom is 0.352 e. The zero-order chi connectivity index (χ0) is 20.1. The second-order valence-corrected chi connectivity index (χ2v) is 8.73. The predicted molar refractivity (Wildman–Crippen MR) is 109 cm³/mol. The number of carbonyl (C=O) groups excluding carboxylic acids is 1. The van der Waals surface area contributed by atoms with Crippen molar-refractivity contribution in [1.29, 1.82) is 0 Å². The molecule has 1 aliphatic carbocycles. The fourth-order valence-corrected chi connectivity index (χ4v) is 5.42. The Balaban J connectivity index is 1.53. The van der Waals surface area contributed by atoms with E-state index < -0.39 is 0 Å². The highest BCUT2D eigenvalue weighted by molar-refractivity contribution is 7.19. The van der Waals surface area contributed by atoms with Crippen LogP contribution in [0.4, 0.5) is 0 Å². The molecule has 0 fully saturated rings. The van der Waals surface area contributed by atoms with E-state index in [4.69, 9.17) is 4.42 Å². The number of amides is 1. The molecule has 0 aliphatic heterocycles. The third-order valence-electron chi connectivity index (χ3n) is 5.48. The van der Waals surface area contributed by atoms with Gasteiger partial charge in [0, 0.05) is 4.88 Å². The normalized spacial score (nSPS) is 16.4. The summed E-state index contributed by atoms with van der Waals surface area (Å²) in [6.07, 6.45) is 4.69. The summed E-state index contributed by atoms with van der Waals surface area (Å²) in [6.45, 7) is 4.20. The van der Waals surface area contributed by atoms with Gasteiger partial charge >= 0.3 is 5.69 Å². The number of nitrogens with one attached hydrogen (secondary N) is 1. The second kappa shape index (κ2) is 6.84. The molecule has 9 heteroatoms. The fourth-order valence-electron chi connectivity index (χ4n) is 4.00. The van der Waals surface area contributed by atoms with Crippen LogP contribution in [-0.2, 0) is 30.7 Å². The number of fused-ring (bicyclic) bond motifs is 5. The number of rotatable bonds is 4. The molecule has 0 aromatic carbocycles. The first-order chi connectivity index (χ1) is 14.0. The van der Waals surface area contributed by atoms with Gasteiger partial charge in [0.2, 0.25) is 5.91 Å². The van der Waals surface area contributed by atoms with Crippen LogP contribution in [0.25, 0.3) is 15.9 Å². The van der Waals surface area contributed by atoms with Crippen LogP contribution in [0.5, 0.6) is 0 Å². The van der Waals surface area contributed by atoms with E-state index in [9.17, 15) is 9.59 Å². The Morgan fingerprint density at radius 2 is 2.31 bits per heavy atom. The lowest BCUT2D eigenvalue weighted by Gasteiger charge is -2.17. The van der Waals surface area contributed by atoms with Gasteiger partial charge in [-0.2, -0.15) is 0 Å². The van der Waals surface area contributed by atoms with Crippen molar-refractivity contribution >= 4 is 33.1 Å². The van der Waals surface area contributed by atoms with Crippen molar-refractivity contribution in [1.82, 2.24) is 24.5 Å². The van der Waals surface area contributed by atoms with Crippen molar-refractivity contribution in [3.05, 3.63) is 50.9 Å². The monoisotopic (exact) mass is 411 g/mol. The molecule has 0 radical (unpaired) electrons. The SMILES string of the molecule is Cc1nc2sc3c(c2c2nn(CC(=O)NCc4ccco4)c(=O)n12)CC[C@H](C)C3. The van der Waals surface area contributed by atoms with E-state index in [1.165, 1.54) is 19.5 Å². The molecule has 5 rings (SSSR count). The highest BCUT2D eigenvalue weighted by Gasteiger charge is 2.25. The first-order valence-corrected chi connectivity index (χ1v) is 10.5. The Labute approximate surface area is 170 Å². The summed E-state index contributed by atoms with van der Waals surface area (Å²) in [5.41, 5.74) is 1.52. The van der Waals surface area contributed by atoms with Crippen LogP contribution in [0.2, 0.25) is 0 Å². The van der Waals surface area contributed by atoms with Crippen molar-refractivity contribution in [3.8, 4) is 0 Å². The molecule has 8 nitrogen and oxygen atoms in total. The lowest BCUT2D eigenvalue weighted by molar-refractivity contribution is -0.122. The second-order valence-electron chi connectivity index (χ2n) is 7.65. The van der Waals surface area contributed by atoms with Gasteiger partial charge in [0.15, 0.2) is 5.65 Å². The summed E-state index contributed by atoms with van der Waals surface area (Å²) >= 11 is 1.70. The van der Waals surface area contributed by atoms with Gasteiger partial charge in [0.25, 0.3) is 0 Å². The minimum Gasteiger partial charge on any atom is -0.467 e. The maximum absolute atomic E-state index is 12.9. The van der Waals surface area contributed by atoms with Crippen molar-refractivity contribution in [2.75, 3.05) is 0 Å². The van der Waals surface area contributed by atoms with Gasteiger partial charge in [-0.25, -0.2) is 18.9 Å². The third-order valence-corrected chi connectivity index (χ3v) is 6.62. The molecule has 4 heterocycles. The van der Waals surface area contributed by atoms with Gasteiger partial charge in [0.05, 0.1) is 18.2 Å². The van der Waals surface area contributed by atoms with E-state index in [0.29, 0.717) is 23.1 Å². The molecule has 1 aliphatic rings. The van der Waals surface area contributed by atoms with E-state index in [2.05, 4.69) is 22.3 Å². The van der Waals surface area contributed by atoms with Crippen LogP contribution >= 0.6 is 11.3 Å². The smallest absolute Gasteiger partial charge is 0.352 e. The molecule has 0 spiro atoms. The Kier molecular flexibility index (Phi) is 4.27. The Morgan fingerprint density at radius 3 is 3.10 bits per heavy atom. The van der Waals surface area contributed by atoms with E-state index in [-0.39, 0.29) is 24.7 Å². The molecule has 1 N–H and O–H groups in total. The molecule has 1 amide bonds. The molecule has 0 bridgehead atoms. The Hall–Kier alpha value is -2.94. The van der Waals surface area contributed by atoms with Crippen LogP contribution in [0.3, 0.4) is 0 Å². The van der Waals surface area contributed by atoms with E-state index in [0.717, 1.165) is 29.5 Å². The highest BCUT2D eigenvalue weighted by atomic mass is 32.1. The molecule has 0 unspecified atom stereocenters. The van der Waals surface area contributed by atoms with Gasteiger partial charge in [-0.3, -0.25) is 4.79 Å². The van der Waals surface area contributed by atoms with Gasteiger partial charge in [-0.15, -0.1) is 16.4 Å². The van der Waals surface area contributed by atoms with E-state index in [1.807, 2.05) is 0 Å². The van der Waals surface area contributed by atoms with E-state index >= 15 is 0 Å². The molecule has 1 atom stereocenters. The number of carbonyl (C=O) groups is 1. The van der Waals surface area contributed by atoms with Crippen molar-refractivity contribution in [2.45, 2.75) is 46.2 Å². The largest absolute Gasteiger partial charge is 0.467 e. The van der Waals surface area contributed by atoms with Crippen LogP contribution < -0.4 is 11.0 Å². The van der Waals surface area contributed by atoms with Crippen molar-refractivity contribution in [3.63, 3.8) is 0 Å². The average molecular weight is 411 g/mol. The van der Waals surface area contributed by atoms with Crippen LogP contribution in [0, 0.1) is 12.8 Å². The number of furan rings is 1. The third kappa shape index (κ3) is 3.05. The highest BCUT2D eigenvalue weighted by Crippen LogP contribution is 2.38. The number of aryl methyl sites for hydroxylation is 2. The number of hydrogen-bond acceptors (Lipinski definition) is 6. The van der Waals surface area contributed by atoms with Crippen LogP contribution in [0.1, 0.15) is 35.4 Å². The van der Waals surface area contributed by atoms with Gasteiger partial charge in [0.1, 0.15) is 23.0 Å². The number of thiophene rings is 1. The molecular weight excluding hydrogens is 390 g/mol. The first-order valence-electron chi connectivity index (χ1n) is 9.70. The molecule has 150 valence electrons. The zero-order valence-electron chi connectivity index (χ0n) is 16.3. The molecule has 29 heavy (non-hydrogen) atoms. The standard InChI is InChI=1S/C20H21N5O3S/c1-11-5-6-14-15(8-11)29-19-17(14)18-23-24(20(27)25(18)12(2)22-19)10-16(26)21-9-13-4-3-7-28-13/h3-4,7,11H,5-6,8-10H2,1-2H3,(H,21,26)/t11-/m0/s1. The molecule has 4 aromatic rings. The Morgan fingerprint density at radius 1 is 1.45 bits per heavy atom. The predicted octanol–water partition coefficient (Wildman–Crippen LogP) is 2.45. The molecule has 0 saturated heterocycles. The summed E-state index contributed by atoms with van der Waals surface area (Å²) in [7, 11) is 0. The molecule has 0 saturated carbocycles. The van der Waals surface area contributed by atoms with E-state index in [1.54, 1.807) is 36.7 Å². The molecular formula is C20H21N5O3S. The summed E-state index contributed by atoms with van der Waals surface area (Å²) in [5, 5.41) is 8.25. The Bertz CT molecular complexity index is 1280. The zero-order valence-corrected chi connectivity index (χ0v) is 17.1. The quantitative estimate of drug-likeness (QED) is 0.557. The summed E-state index contributed by atoms with van der Waals surface area (Å²) in [4.78, 5) is 32.2. The topological polar surface area (TPSA) is 94.4 Å². The number of hydrogen-bond donors (Lipinski definition) is 1.